The molecule has 0 aromatic heterocycles. The number of carboxylic acids is 1. The third kappa shape index (κ3) is 9.36. The number of nitrogens with one attached hydrogen (secondary N) is 1. The van der Waals surface area contributed by atoms with Crippen molar-refractivity contribution in [2.75, 3.05) is 32.7 Å². The molecule has 1 saturated heterocycles. The fourth-order valence-corrected chi connectivity index (χ4v) is 3.46. The van der Waals surface area contributed by atoms with Crippen LogP contribution in [-0.2, 0) is 28.7 Å². The van der Waals surface area contributed by atoms with E-state index < -0.39 is 29.8 Å². The number of carbonyl (C=O) groups is 3. The van der Waals surface area contributed by atoms with Gasteiger partial charge in [-0.05, 0) is 41.8 Å². The van der Waals surface area contributed by atoms with E-state index in [-0.39, 0.29) is 24.6 Å². The van der Waals surface area contributed by atoms with E-state index in [0.29, 0.717) is 26.2 Å². The summed E-state index contributed by atoms with van der Waals surface area (Å²) < 4.78 is 70.3. The lowest BCUT2D eigenvalue weighted by molar-refractivity contribution is -0.192. The summed E-state index contributed by atoms with van der Waals surface area (Å²) in [6.07, 6.45) is -8.67. The number of piperazine rings is 1. The maximum Gasteiger partial charge on any atom is 0.490 e. The van der Waals surface area contributed by atoms with E-state index in [1.54, 1.807) is 4.90 Å². The van der Waals surface area contributed by atoms with Crippen LogP contribution in [0.2, 0.25) is 0 Å². The number of amides is 2. The van der Waals surface area contributed by atoms with Crippen LogP contribution >= 0.6 is 0 Å². The lowest BCUT2D eigenvalue weighted by atomic mass is 10.1. The summed E-state index contributed by atoms with van der Waals surface area (Å²) in [6, 6.07) is 11.8. The van der Waals surface area contributed by atoms with Gasteiger partial charge in [-0.15, -0.1) is 0 Å². The topological polar surface area (TPSA) is 90.0 Å². The van der Waals surface area contributed by atoms with Crippen molar-refractivity contribution in [3.63, 3.8) is 0 Å². The number of nitrogens with zero attached hydrogens (tertiary/aromatic N) is 2. The number of aryl methyl sites for hydroxylation is 1. The monoisotopic (exact) mass is 547 g/mol. The SMILES string of the molecule is CCc1ccc(CN(CC(=O)N2CCNCC2)C(=O)c2ccc(C(F)(F)F)cc2)cc1.O=C(O)C(F)(F)F. The molecular weight excluding hydrogens is 520 g/mol. The van der Waals surface area contributed by atoms with Crippen LogP contribution in [0, 0.1) is 0 Å². The van der Waals surface area contributed by atoms with Gasteiger partial charge in [-0.25, -0.2) is 4.79 Å². The van der Waals surface area contributed by atoms with E-state index in [9.17, 15) is 35.9 Å². The highest BCUT2D eigenvalue weighted by Gasteiger charge is 2.38. The van der Waals surface area contributed by atoms with Crippen LogP contribution < -0.4 is 5.32 Å². The molecule has 0 radical (unpaired) electrons. The highest BCUT2D eigenvalue weighted by molar-refractivity contribution is 5.96. The van der Waals surface area contributed by atoms with Crippen LogP contribution in [0.4, 0.5) is 26.3 Å². The summed E-state index contributed by atoms with van der Waals surface area (Å²) in [5.74, 6) is -3.41. The Morgan fingerprint density at radius 2 is 1.39 bits per heavy atom. The van der Waals surface area contributed by atoms with Crippen LogP contribution in [0.25, 0.3) is 0 Å². The van der Waals surface area contributed by atoms with Crippen LogP contribution in [0.5, 0.6) is 0 Å². The second kappa shape index (κ2) is 13.3. The number of alkyl halides is 6. The maximum atomic E-state index is 13.1. The number of halogens is 6. The predicted molar refractivity (Wildman–Crippen MR) is 125 cm³/mol. The van der Waals surface area contributed by atoms with Gasteiger partial charge in [0.25, 0.3) is 5.91 Å². The minimum Gasteiger partial charge on any atom is -0.475 e. The molecular formula is C25H27F6N3O4. The van der Waals surface area contributed by atoms with E-state index in [1.807, 2.05) is 31.2 Å². The van der Waals surface area contributed by atoms with E-state index in [2.05, 4.69) is 5.32 Å². The largest absolute Gasteiger partial charge is 0.490 e. The van der Waals surface area contributed by atoms with Crippen molar-refractivity contribution in [2.24, 2.45) is 0 Å². The van der Waals surface area contributed by atoms with Gasteiger partial charge in [-0.1, -0.05) is 31.2 Å². The van der Waals surface area contributed by atoms with Crippen molar-refractivity contribution in [2.45, 2.75) is 32.2 Å². The van der Waals surface area contributed by atoms with Gasteiger partial charge in [0.05, 0.1) is 5.56 Å². The van der Waals surface area contributed by atoms with Crippen LogP contribution in [0.3, 0.4) is 0 Å². The molecule has 0 bridgehead atoms. The van der Waals surface area contributed by atoms with Gasteiger partial charge in [0.15, 0.2) is 0 Å². The number of hydrogen-bond acceptors (Lipinski definition) is 4. The molecule has 0 aliphatic carbocycles. The lowest BCUT2D eigenvalue weighted by Crippen LogP contribution is -2.50. The molecule has 0 atom stereocenters. The number of carbonyl (C=O) groups excluding carboxylic acids is 2. The molecule has 1 aliphatic rings. The van der Waals surface area contributed by atoms with Gasteiger partial charge < -0.3 is 20.2 Å². The Kier molecular flexibility index (Phi) is 10.7. The van der Waals surface area contributed by atoms with Crippen molar-refractivity contribution in [3.8, 4) is 0 Å². The van der Waals surface area contributed by atoms with Crippen molar-refractivity contribution in [1.82, 2.24) is 15.1 Å². The zero-order chi connectivity index (χ0) is 28.5. The quantitative estimate of drug-likeness (QED) is 0.535. The van der Waals surface area contributed by atoms with Crippen LogP contribution in [0.1, 0.15) is 34.0 Å². The second-order valence-electron chi connectivity index (χ2n) is 8.34. The highest BCUT2D eigenvalue weighted by atomic mass is 19.4. The maximum absolute atomic E-state index is 13.1. The first-order chi connectivity index (χ1) is 17.7. The lowest BCUT2D eigenvalue weighted by Gasteiger charge is -2.30. The number of rotatable bonds is 6. The van der Waals surface area contributed by atoms with E-state index in [0.717, 1.165) is 41.8 Å². The van der Waals surface area contributed by atoms with Crippen LogP contribution in [-0.4, -0.2) is 71.6 Å². The molecule has 1 fully saturated rings. The fraction of sp³-hybridized carbons (Fsp3) is 0.400. The van der Waals surface area contributed by atoms with Crippen LogP contribution in [0.15, 0.2) is 48.5 Å². The summed E-state index contributed by atoms with van der Waals surface area (Å²) in [6.45, 7) is 4.62. The molecule has 3 rings (SSSR count). The Morgan fingerprint density at radius 3 is 1.84 bits per heavy atom. The molecule has 13 heteroatoms. The van der Waals surface area contributed by atoms with E-state index >= 15 is 0 Å². The van der Waals surface area contributed by atoms with Gasteiger partial charge >= 0.3 is 18.3 Å². The van der Waals surface area contributed by atoms with Crippen molar-refractivity contribution in [3.05, 3.63) is 70.8 Å². The minimum absolute atomic E-state index is 0.117. The number of aliphatic carboxylic acids is 1. The first-order valence-corrected chi connectivity index (χ1v) is 11.5. The van der Waals surface area contributed by atoms with E-state index in [4.69, 9.17) is 9.90 Å². The molecule has 2 aromatic rings. The Labute approximate surface area is 215 Å². The van der Waals surface area contributed by atoms with E-state index in [1.165, 1.54) is 4.90 Å². The Balaban J connectivity index is 0.000000638. The highest BCUT2D eigenvalue weighted by Crippen LogP contribution is 2.29. The molecule has 0 spiro atoms. The van der Waals surface area contributed by atoms with Crippen molar-refractivity contribution >= 4 is 17.8 Å². The summed E-state index contributed by atoms with van der Waals surface area (Å²) in [5, 5.41) is 10.3. The smallest absolute Gasteiger partial charge is 0.475 e. The van der Waals surface area contributed by atoms with Crippen molar-refractivity contribution in [1.29, 1.82) is 0 Å². The standard InChI is InChI=1S/C23H26F3N3O2.C2HF3O2/c1-2-17-3-5-18(6-4-17)15-29(16-21(30)28-13-11-27-12-14-28)22(31)19-7-9-20(10-8-19)23(24,25)26;3-2(4,5)1(6)7/h3-10,27H,2,11-16H2,1H3;(H,6,7). The van der Waals surface area contributed by atoms with Gasteiger partial charge in [-0.3, -0.25) is 9.59 Å². The first kappa shape index (κ1) is 30.6. The molecule has 2 N–H and O–H groups in total. The minimum atomic E-state index is -5.08. The first-order valence-electron chi connectivity index (χ1n) is 11.5. The summed E-state index contributed by atoms with van der Waals surface area (Å²) in [4.78, 5) is 37.9. The number of benzene rings is 2. The zero-order valence-corrected chi connectivity index (χ0v) is 20.4. The molecule has 1 heterocycles. The Hall–Kier alpha value is -3.61. The third-order valence-corrected chi connectivity index (χ3v) is 5.59. The molecule has 2 aromatic carbocycles. The fourth-order valence-electron chi connectivity index (χ4n) is 3.46. The molecule has 2 amide bonds. The van der Waals surface area contributed by atoms with Gasteiger partial charge in [-0.2, -0.15) is 26.3 Å². The average Bonchev–Trinajstić information content (AvgIpc) is 2.88. The summed E-state index contributed by atoms with van der Waals surface area (Å²) in [5.41, 5.74) is 1.31. The molecule has 0 unspecified atom stereocenters. The van der Waals surface area contributed by atoms with Crippen molar-refractivity contribution < 1.29 is 45.8 Å². The summed E-state index contributed by atoms with van der Waals surface area (Å²) in [7, 11) is 0. The van der Waals surface area contributed by atoms with Gasteiger partial charge in [0.2, 0.25) is 5.91 Å². The zero-order valence-electron chi connectivity index (χ0n) is 20.4. The molecule has 7 nitrogen and oxygen atoms in total. The number of hydrogen-bond donors (Lipinski definition) is 2. The summed E-state index contributed by atoms with van der Waals surface area (Å²) >= 11 is 0. The third-order valence-electron chi connectivity index (χ3n) is 5.59. The number of carboxylic acid groups (broad SMARTS) is 1. The van der Waals surface area contributed by atoms with Gasteiger partial charge in [0.1, 0.15) is 6.54 Å². The average molecular weight is 547 g/mol. The molecule has 208 valence electrons. The molecule has 1 aliphatic heterocycles. The second-order valence-corrected chi connectivity index (χ2v) is 8.34. The molecule has 0 saturated carbocycles. The Bertz CT molecular complexity index is 1080. The molecule has 38 heavy (non-hydrogen) atoms. The van der Waals surface area contributed by atoms with Gasteiger partial charge in [0, 0.05) is 38.3 Å². The Morgan fingerprint density at radius 1 is 0.895 bits per heavy atom. The predicted octanol–water partition coefficient (Wildman–Crippen LogP) is 3.98. The normalized spacial score (nSPS) is 13.8.